The highest BCUT2D eigenvalue weighted by molar-refractivity contribution is 7.16. The second-order valence-corrected chi connectivity index (χ2v) is 8.37. The van der Waals surface area contributed by atoms with Gasteiger partial charge >= 0.3 is 5.97 Å². The largest absolute Gasteiger partial charge is 0.464 e. The van der Waals surface area contributed by atoms with Gasteiger partial charge in [-0.2, -0.15) is 4.68 Å². The highest BCUT2D eigenvalue weighted by Gasteiger charge is 2.23. The van der Waals surface area contributed by atoms with Gasteiger partial charge in [0.1, 0.15) is 11.6 Å². The average Bonchev–Trinajstić information content (AvgIpc) is 3.25. The van der Waals surface area contributed by atoms with E-state index >= 15 is 0 Å². The molecule has 0 aliphatic carbocycles. The molecule has 0 unspecified atom stereocenters. The Bertz CT molecular complexity index is 1370. The number of thiazole rings is 1. The first kappa shape index (κ1) is 22.3. The summed E-state index contributed by atoms with van der Waals surface area (Å²) in [6.07, 6.45) is 1.27. The van der Waals surface area contributed by atoms with Gasteiger partial charge in [-0.1, -0.05) is 47.7 Å². The summed E-state index contributed by atoms with van der Waals surface area (Å²) in [5.41, 5.74) is 1.33. The molecule has 2 heterocycles. The topological polar surface area (TPSA) is 116 Å². The van der Waals surface area contributed by atoms with Gasteiger partial charge in [-0.3, -0.25) is 9.59 Å². The summed E-state index contributed by atoms with van der Waals surface area (Å²) in [5, 5.41) is 11.2. The van der Waals surface area contributed by atoms with E-state index in [0.29, 0.717) is 28.6 Å². The Kier molecular flexibility index (Phi) is 6.55. The van der Waals surface area contributed by atoms with Crippen LogP contribution in [0.2, 0.25) is 0 Å². The van der Waals surface area contributed by atoms with Crippen LogP contribution < -0.4 is 10.9 Å². The summed E-state index contributed by atoms with van der Waals surface area (Å²) in [6.45, 7) is 1.55. The smallest absolute Gasteiger partial charge is 0.357 e. The highest BCUT2D eigenvalue weighted by Crippen LogP contribution is 2.26. The Labute approximate surface area is 193 Å². The molecule has 0 spiro atoms. The van der Waals surface area contributed by atoms with Crippen molar-refractivity contribution < 1.29 is 14.3 Å². The molecule has 2 aromatic carbocycles. The number of aryl methyl sites for hydroxylation is 2. The zero-order chi connectivity index (χ0) is 23.4. The van der Waals surface area contributed by atoms with E-state index in [1.54, 1.807) is 31.2 Å². The van der Waals surface area contributed by atoms with Crippen LogP contribution in [0.3, 0.4) is 0 Å². The van der Waals surface area contributed by atoms with Crippen molar-refractivity contribution in [3.05, 3.63) is 81.1 Å². The van der Waals surface area contributed by atoms with Crippen molar-refractivity contribution in [1.82, 2.24) is 20.0 Å². The fourth-order valence-corrected chi connectivity index (χ4v) is 4.26. The molecule has 2 aromatic heterocycles. The third kappa shape index (κ3) is 4.80. The van der Waals surface area contributed by atoms with Crippen LogP contribution in [0.15, 0.2) is 59.4 Å². The van der Waals surface area contributed by atoms with E-state index in [0.717, 1.165) is 10.2 Å². The first-order valence-electron chi connectivity index (χ1n) is 10.2. The van der Waals surface area contributed by atoms with E-state index in [9.17, 15) is 14.4 Å². The van der Waals surface area contributed by atoms with Crippen molar-refractivity contribution in [1.29, 1.82) is 0 Å². The molecular formula is C23H21N5O4S. The Morgan fingerprint density at radius 3 is 2.58 bits per heavy atom. The van der Waals surface area contributed by atoms with Crippen LogP contribution in [-0.2, 0) is 22.4 Å². The summed E-state index contributed by atoms with van der Waals surface area (Å²) < 4.78 is 5.88. The van der Waals surface area contributed by atoms with Crippen LogP contribution in [0.25, 0.3) is 10.9 Å². The van der Waals surface area contributed by atoms with Crippen LogP contribution in [0.4, 0.5) is 5.13 Å². The van der Waals surface area contributed by atoms with Gasteiger partial charge < -0.3 is 10.1 Å². The number of methoxy groups -OCH3 is 1. The van der Waals surface area contributed by atoms with Crippen LogP contribution in [0.1, 0.15) is 33.9 Å². The number of hydrogen-bond donors (Lipinski definition) is 1. The van der Waals surface area contributed by atoms with Gasteiger partial charge in [0, 0.05) is 4.88 Å². The predicted molar refractivity (Wildman–Crippen MR) is 124 cm³/mol. The number of nitrogens with zero attached hydrogens (tertiary/aromatic N) is 4. The number of hydrogen-bond acceptors (Lipinski definition) is 8. The first-order valence-corrected chi connectivity index (χ1v) is 11.1. The van der Waals surface area contributed by atoms with E-state index < -0.39 is 23.5 Å². The molecule has 1 N–H and O–H groups in total. The second kappa shape index (κ2) is 9.70. The van der Waals surface area contributed by atoms with E-state index in [1.165, 1.54) is 18.4 Å². The summed E-state index contributed by atoms with van der Waals surface area (Å²) in [4.78, 5) is 42.8. The molecule has 0 aliphatic heterocycles. The number of carbonyl (C=O) groups excluding carboxylic acids is 2. The maximum Gasteiger partial charge on any atom is 0.357 e. The minimum Gasteiger partial charge on any atom is -0.464 e. The average molecular weight is 464 g/mol. The van der Waals surface area contributed by atoms with Gasteiger partial charge in [-0.05, 0) is 37.5 Å². The van der Waals surface area contributed by atoms with Gasteiger partial charge in [0.25, 0.3) is 11.5 Å². The number of nitrogens with one attached hydrogen (secondary N) is 1. The molecule has 4 rings (SSSR count). The number of aromatic nitrogens is 4. The zero-order valence-electron chi connectivity index (χ0n) is 18.0. The highest BCUT2D eigenvalue weighted by atomic mass is 32.1. The molecule has 1 atom stereocenters. The Morgan fingerprint density at radius 2 is 1.82 bits per heavy atom. The molecule has 4 aromatic rings. The minimum absolute atomic E-state index is 0.170. The van der Waals surface area contributed by atoms with Crippen LogP contribution >= 0.6 is 11.3 Å². The standard InChI is InChI=1S/C23H21N5O4S/c1-14(28-21(30)16-10-6-7-11-17(16)26-27-28)20(29)25-23-24-19(22(31)32-2)18(33-23)13-12-15-8-4-3-5-9-15/h3-11,14H,12-13H2,1-2H3,(H,24,25,29)/t14-/m0/s1. The van der Waals surface area contributed by atoms with Crippen LogP contribution in [-0.4, -0.2) is 39.0 Å². The molecule has 33 heavy (non-hydrogen) atoms. The second-order valence-electron chi connectivity index (χ2n) is 7.29. The maximum absolute atomic E-state index is 12.9. The Hall–Kier alpha value is -3.92. The molecule has 0 saturated carbocycles. The molecule has 168 valence electrons. The van der Waals surface area contributed by atoms with Gasteiger partial charge in [0.15, 0.2) is 10.8 Å². The molecule has 0 fully saturated rings. The molecule has 0 aliphatic rings. The maximum atomic E-state index is 12.9. The summed E-state index contributed by atoms with van der Waals surface area (Å²) in [6, 6.07) is 15.7. The molecule has 9 nitrogen and oxygen atoms in total. The van der Waals surface area contributed by atoms with E-state index in [-0.39, 0.29) is 10.8 Å². The number of carbonyl (C=O) groups is 2. The summed E-state index contributed by atoms with van der Waals surface area (Å²) >= 11 is 1.20. The number of anilines is 1. The van der Waals surface area contributed by atoms with Crippen molar-refractivity contribution in [3.8, 4) is 0 Å². The molecule has 0 radical (unpaired) electrons. The molecular weight excluding hydrogens is 442 g/mol. The minimum atomic E-state index is -0.937. The zero-order valence-corrected chi connectivity index (χ0v) is 18.8. The lowest BCUT2D eigenvalue weighted by Crippen LogP contribution is -2.34. The molecule has 0 saturated heterocycles. The lowest BCUT2D eigenvalue weighted by atomic mass is 10.1. The lowest BCUT2D eigenvalue weighted by Gasteiger charge is -2.12. The lowest BCUT2D eigenvalue weighted by molar-refractivity contribution is -0.119. The molecule has 1 amide bonds. The van der Waals surface area contributed by atoms with Crippen LogP contribution in [0, 0.1) is 0 Å². The Morgan fingerprint density at radius 1 is 1.09 bits per heavy atom. The first-order chi connectivity index (χ1) is 16.0. The summed E-state index contributed by atoms with van der Waals surface area (Å²) in [7, 11) is 1.29. The quantitative estimate of drug-likeness (QED) is 0.419. The fraction of sp³-hybridized carbons (Fsp3) is 0.217. The summed E-state index contributed by atoms with van der Waals surface area (Å²) in [5.74, 6) is -1.07. The van der Waals surface area contributed by atoms with Gasteiger partial charge in [-0.15, -0.1) is 16.4 Å². The van der Waals surface area contributed by atoms with E-state index in [1.807, 2.05) is 30.3 Å². The van der Waals surface area contributed by atoms with Crippen LogP contribution in [0.5, 0.6) is 0 Å². The van der Waals surface area contributed by atoms with Crippen molar-refractivity contribution in [2.24, 2.45) is 0 Å². The SMILES string of the molecule is COC(=O)c1nc(NC(=O)[C@H](C)n2nnc3ccccc3c2=O)sc1CCc1ccccc1. The van der Waals surface area contributed by atoms with E-state index in [4.69, 9.17) is 4.74 Å². The number of amides is 1. The van der Waals surface area contributed by atoms with Gasteiger partial charge in [0.05, 0.1) is 12.5 Å². The van der Waals surface area contributed by atoms with Crippen molar-refractivity contribution in [2.45, 2.75) is 25.8 Å². The van der Waals surface area contributed by atoms with Gasteiger partial charge in [-0.25, -0.2) is 9.78 Å². The van der Waals surface area contributed by atoms with Crippen molar-refractivity contribution in [3.63, 3.8) is 0 Å². The van der Waals surface area contributed by atoms with Crippen molar-refractivity contribution >= 4 is 39.2 Å². The van der Waals surface area contributed by atoms with Crippen molar-refractivity contribution in [2.75, 3.05) is 12.4 Å². The third-order valence-electron chi connectivity index (χ3n) is 5.13. The number of esters is 1. The normalized spacial score (nSPS) is 11.8. The number of benzene rings is 2. The fourth-order valence-electron chi connectivity index (χ4n) is 3.31. The number of fused-ring (bicyclic) bond motifs is 1. The monoisotopic (exact) mass is 463 g/mol. The Balaban J connectivity index is 1.55. The molecule has 0 bridgehead atoms. The van der Waals surface area contributed by atoms with Gasteiger partial charge in [0.2, 0.25) is 0 Å². The third-order valence-corrected chi connectivity index (χ3v) is 6.16. The number of ether oxygens (including phenoxy) is 1. The predicted octanol–water partition coefficient (Wildman–Crippen LogP) is 3.02. The van der Waals surface area contributed by atoms with E-state index in [2.05, 4.69) is 20.6 Å². The number of rotatable bonds is 7. The molecule has 10 heteroatoms.